The Hall–Kier alpha value is -1.45. The van der Waals surface area contributed by atoms with E-state index in [-0.39, 0.29) is 23.9 Å². The van der Waals surface area contributed by atoms with Crippen LogP contribution in [0.1, 0.15) is 38.8 Å². The highest BCUT2D eigenvalue weighted by Gasteiger charge is 2.34. The number of rotatable bonds is 6. The van der Waals surface area contributed by atoms with Crippen molar-refractivity contribution in [3.63, 3.8) is 0 Å². The lowest BCUT2D eigenvalue weighted by molar-refractivity contribution is 0.0694. The minimum Gasteiger partial charge on any atom is -0.487 e. The third-order valence-electron chi connectivity index (χ3n) is 5.01. The molecule has 2 heterocycles. The molecule has 0 aromatic heterocycles. The maximum Gasteiger partial charge on any atom is 0.215 e. The van der Waals surface area contributed by atoms with Gasteiger partial charge in [0.25, 0.3) is 0 Å². The fourth-order valence-electron chi connectivity index (χ4n) is 3.64. The Bertz CT molecular complexity index is 821. The van der Waals surface area contributed by atoms with Crippen LogP contribution in [0.3, 0.4) is 0 Å². The Morgan fingerprint density at radius 1 is 1.31 bits per heavy atom. The van der Waals surface area contributed by atoms with Gasteiger partial charge < -0.3 is 15.4 Å². The molecule has 0 amide bonds. The number of hydrogen-bond donors (Lipinski definition) is 2. The first kappa shape index (κ1) is 22.2. The Morgan fingerprint density at radius 3 is 2.76 bits per heavy atom. The summed E-state index contributed by atoms with van der Waals surface area (Å²) in [5, 5.41) is 6.72. The maximum atomic E-state index is 12.6. The molecule has 2 N–H and O–H groups in total. The van der Waals surface area contributed by atoms with Crippen molar-refractivity contribution in [3.05, 3.63) is 29.8 Å². The highest BCUT2D eigenvalue weighted by molar-refractivity contribution is 7.99. The Morgan fingerprint density at radius 2 is 2.03 bits per heavy atom. The van der Waals surface area contributed by atoms with Crippen LogP contribution >= 0.6 is 11.8 Å². The normalized spacial score (nSPS) is 22.4. The quantitative estimate of drug-likeness (QED) is 0.521. The van der Waals surface area contributed by atoms with E-state index in [1.165, 1.54) is 0 Å². The first-order valence-corrected chi connectivity index (χ1v) is 13.0. The van der Waals surface area contributed by atoms with E-state index < -0.39 is 10.0 Å². The van der Waals surface area contributed by atoms with E-state index in [1.807, 2.05) is 25.1 Å². The van der Waals surface area contributed by atoms with Crippen LogP contribution in [0.2, 0.25) is 0 Å². The second kappa shape index (κ2) is 9.57. The van der Waals surface area contributed by atoms with Gasteiger partial charge in [-0.05, 0) is 26.8 Å². The minimum atomic E-state index is -3.26. The average molecular weight is 441 g/mol. The van der Waals surface area contributed by atoms with Crippen molar-refractivity contribution in [1.29, 1.82) is 0 Å². The molecule has 9 heteroatoms. The molecule has 7 nitrogen and oxygen atoms in total. The van der Waals surface area contributed by atoms with Crippen LogP contribution in [0.15, 0.2) is 29.3 Å². The monoisotopic (exact) mass is 440 g/mol. The Kier molecular flexibility index (Phi) is 7.34. The molecule has 0 aliphatic carbocycles. The molecule has 0 bridgehead atoms. The van der Waals surface area contributed by atoms with Gasteiger partial charge >= 0.3 is 0 Å². The van der Waals surface area contributed by atoms with Crippen LogP contribution in [-0.2, 0) is 10.0 Å². The summed E-state index contributed by atoms with van der Waals surface area (Å²) < 4.78 is 32.8. The zero-order chi connectivity index (χ0) is 20.9. The Labute approximate surface area is 178 Å². The number of guanidine groups is 1. The summed E-state index contributed by atoms with van der Waals surface area (Å²) in [6.45, 7) is 8.29. The van der Waals surface area contributed by atoms with Crippen molar-refractivity contribution in [2.75, 3.05) is 43.4 Å². The van der Waals surface area contributed by atoms with E-state index in [2.05, 4.69) is 35.5 Å². The summed E-state index contributed by atoms with van der Waals surface area (Å²) >= 11 is 1.80. The first-order valence-electron chi connectivity index (χ1n) is 10.2. The fourth-order valence-corrected chi connectivity index (χ4v) is 6.10. The van der Waals surface area contributed by atoms with E-state index in [0.717, 1.165) is 29.2 Å². The molecule has 1 atom stereocenters. The summed E-state index contributed by atoms with van der Waals surface area (Å²) in [7, 11) is -3.26. The predicted molar refractivity (Wildman–Crippen MR) is 120 cm³/mol. The Balaban J connectivity index is 1.68. The van der Waals surface area contributed by atoms with E-state index in [1.54, 1.807) is 16.1 Å². The molecule has 3 rings (SSSR count). The van der Waals surface area contributed by atoms with Crippen LogP contribution in [0, 0.1) is 0 Å². The number of hydrogen-bond acceptors (Lipinski definition) is 5. The van der Waals surface area contributed by atoms with Gasteiger partial charge in [-0.2, -0.15) is 11.8 Å². The van der Waals surface area contributed by atoms with Crippen molar-refractivity contribution in [1.82, 2.24) is 14.9 Å². The lowest BCUT2D eigenvalue weighted by atomic mass is 9.90. The fraction of sp³-hybridized carbons (Fsp3) is 0.650. The lowest BCUT2D eigenvalue weighted by Crippen LogP contribution is -2.45. The second-order valence-corrected chi connectivity index (χ2v) is 11.2. The number of benzene rings is 1. The van der Waals surface area contributed by atoms with Crippen LogP contribution in [-0.4, -0.2) is 67.7 Å². The van der Waals surface area contributed by atoms with Crippen molar-refractivity contribution in [2.45, 2.75) is 38.8 Å². The number of nitrogens with one attached hydrogen (secondary N) is 2. The highest BCUT2D eigenvalue weighted by Crippen LogP contribution is 2.39. The zero-order valence-corrected chi connectivity index (χ0v) is 19.1. The van der Waals surface area contributed by atoms with Crippen molar-refractivity contribution >= 4 is 27.7 Å². The van der Waals surface area contributed by atoms with Gasteiger partial charge in [0, 0.05) is 43.1 Å². The number of thioether (sulfide) groups is 1. The molecule has 2 aliphatic heterocycles. The van der Waals surface area contributed by atoms with Crippen LogP contribution in [0.5, 0.6) is 5.75 Å². The molecule has 1 saturated heterocycles. The van der Waals surface area contributed by atoms with Crippen LogP contribution in [0.4, 0.5) is 0 Å². The molecule has 1 fully saturated rings. The number of ether oxygens (including phenoxy) is 1. The van der Waals surface area contributed by atoms with Gasteiger partial charge in [-0.15, -0.1) is 0 Å². The predicted octanol–water partition coefficient (Wildman–Crippen LogP) is 2.22. The number of aliphatic imine (C=N–C) groups is 1. The molecular formula is C20H32N4O3S2. The zero-order valence-electron chi connectivity index (χ0n) is 17.5. The molecule has 162 valence electrons. The number of sulfonamides is 1. The third-order valence-corrected chi connectivity index (χ3v) is 7.81. The molecule has 2 aliphatic rings. The molecule has 29 heavy (non-hydrogen) atoms. The van der Waals surface area contributed by atoms with Crippen LogP contribution < -0.4 is 15.4 Å². The lowest BCUT2D eigenvalue weighted by Gasteiger charge is -2.38. The highest BCUT2D eigenvalue weighted by atomic mass is 32.2. The van der Waals surface area contributed by atoms with E-state index in [0.29, 0.717) is 25.6 Å². The summed E-state index contributed by atoms with van der Waals surface area (Å²) in [6, 6.07) is 8.07. The van der Waals surface area contributed by atoms with Gasteiger partial charge in [0.15, 0.2) is 5.96 Å². The molecule has 0 saturated carbocycles. The first-order chi connectivity index (χ1) is 13.8. The summed E-state index contributed by atoms with van der Waals surface area (Å²) in [5.41, 5.74) is 0.801. The largest absolute Gasteiger partial charge is 0.487 e. The van der Waals surface area contributed by atoms with Gasteiger partial charge in [0.1, 0.15) is 11.4 Å². The number of nitrogens with zero attached hydrogens (tertiary/aromatic N) is 2. The summed E-state index contributed by atoms with van der Waals surface area (Å²) in [4.78, 5) is 4.55. The van der Waals surface area contributed by atoms with Crippen molar-refractivity contribution in [3.8, 4) is 5.75 Å². The smallest absolute Gasteiger partial charge is 0.215 e. The van der Waals surface area contributed by atoms with E-state index in [4.69, 9.17) is 4.74 Å². The van der Waals surface area contributed by atoms with Gasteiger partial charge in [-0.3, -0.25) is 4.99 Å². The molecule has 1 aromatic carbocycles. The van der Waals surface area contributed by atoms with Gasteiger partial charge in [-0.1, -0.05) is 18.2 Å². The minimum absolute atomic E-state index is 0.0318. The van der Waals surface area contributed by atoms with E-state index >= 15 is 0 Å². The van der Waals surface area contributed by atoms with Crippen LogP contribution in [0.25, 0.3) is 0 Å². The third kappa shape index (κ3) is 6.02. The van der Waals surface area contributed by atoms with E-state index in [9.17, 15) is 8.42 Å². The molecule has 0 radical (unpaired) electrons. The second-order valence-electron chi connectivity index (χ2n) is 7.89. The van der Waals surface area contributed by atoms with Gasteiger partial charge in [0.2, 0.25) is 10.0 Å². The average Bonchev–Trinajstić information content (AvgIpc) is 2.68. The number of para-hydroxylation sites is 1. The molecule has 1 aromatic rings. The van der Waals surface area contributed by atoms with Crippen molar-refractivity contribution < 1.29 is 13.2 Å². The van der Waals surface area contributed by atoms with Gasteiger partial charge in [-0.25, -0.2) is 12.7 Å². The topological polar surface area (TPSA) is 83.0 Å². The standard InChI is InChI=1S/C20H32N4O3S2/c1-4-21-19(22-9-14-29(25,26)24-10-12-28-13-11-24)23-17-15-20(2,3)27-18-8-6-5-7-16(17)18/h5-8,17H,4,9-15H2,1-3H3,(H2,21,22,23). The molecule has 1 unspecified atom stereocenters. The summed E-state index contributed by atoms with van der Waals surface area (Å²) in [6.07, 6.45) is 0.790. The SMILES string of the molecule is CCNC(=NCCS(=O)(=O)N1CCSCC1)NC1CC(C)(C)Oc2ccccc21. The van der Waals surface area contributed by atoms with Crippen molar-refractivity contribution in [2.24, 2.45) is 4.99 Å². The number of fused-ring (bicyclic) bond motifs is 1. The molecule has 0 spiro atoms. The molecular weight excluding hydrogens is 408 g/mol. The van der Waals surface area contributed by atoms with Gasteiger partial charge in [0.05, 0.1) is 18.3 Å². The summed E-state index contributed by atoms with van der Waals surface area (Å²) in [5.74, 6) is 3.28. The maximum absolute atomic E-state index is 12.6.